The van der Waals surface area contributed by atoms with E-state index in [4.69, 9.17) is 16.7 Å². The monoisotopic (exact) mass is 379 g/mol. The van der Waals surface area contributed by atoms with E-state index in [9.17, 15) is 18.3 Å². The number of β-amino-alcohol motifs (C(OH)–C–C–N with tert-alkyl or cyclic N) is 1. The Balaban J connectivity index is 2.03. The van der Waals surface area contributed by atoms with Crippen molar-refractivity contribution in [1.82, 2.24) is 0 Å². The number of amidine groups is 1. The van der Waals surface area contributed by atoms with E-state index in [-0.39, 0.29) is 11.4 Å². The molecule has 2 aromatic rings. The van der Waals surface area contributed by atoms with E-state index in [1.165, 1.54) is 24.3 Å². The minimum Gasteiger partial charge on any atom is -0.362 e. The van der Waals surface area contributed by atoms with Gasteiger partial charge < -0.3 is 10.0 Å². The molecule has 9 heteroatoms. The Morgan fingerprint density at radius 2 is 1.76 bits per heavy atom. The van der Waals surface area contributed by atoms with Crippen LogP contribution < -0.4 is 10.0 Å². The normalized spacial score (nSPS) is 20.4. The molecule has 0 spiro atoms. The zero-order valence-electron chi connectivity index (χ0n) is 12.8. The Morgan fingerprint density at radius 1 is 1.16 bits per heavy atom. The van der Waals surface area contributed by atoms with Gasteiger partial charge in [0.15, 0.2) is 6.29 Å². The summed E-state index contributed by atoms with van der Waals surface area (Å²) in [5.41, 5.74) is -0.676. The van der Waals surface area contributed by atoms with Gasteiger partial charge in [0.05, 0.1) is 11.4 Å². The Kier molecular flexibility index (Phi) is 4.38. The molecule has 25 heavy (non-hydrogen) atoms. The van der Waals surface area contributed by atoms with Crippen LogP contribution in [0.3, 0.4) is 0 Å². The second-order valence-electron chi connectivity index (χ2n) is 5.56. The number of aldehydes is 1. The molecule has 0 fully saturated rings. The standard InChI is InChI=1S/C16H14ClN3O4S/c17-12-3-1-11(2-4-12)15-19-16(22,10-21)9-20(15)13-5-7-14(8-6-13)25(18,23)24/h1-8,10,22H,9H2,(H2,18,23,24). The van der Waals surface area contributed by atoms with Crippen LogP contribution in [0.4, 0.5) is 5.69 Å². The molecule has 1 atom stereocenters. The highest BCUT2D eigenvalue weighted by Gasteiger charge is 2.38. The fourth-order valence-electron chi connectivity index (χ4n) is 2.50. The van der Waals surface area contributed by atoms with Crippen molar-refractivity contribution >= 4 is 39.4 Å². The lowest BCUT2D eigenvalue weighted by Crippen LogP contribution is -2.37. The molecule has 1 unspecified atom stereocenters. The Morgan fingerprint density at radius 3 is 2.28 bits per heavy atom. The molecule has 0 saturated heterocycles. The van der Waals surface area contributed by atoms with Gasteiger partial charge in [0.2, 0.25) is 15.7 Å². The average molecular weight is 380 g/mol. The summed E-state index contributed by atoms with van der Waals surface area (Å²) in [7, 11) is -3.81. The van der Waals surface area contributed by atoms with E-state index in [1.54, 1.807) is 29.2 Å². The lowest BCUT2D eigenvalue weighted by molar-refractivity contribution is -0.121. The number of aliphatic hydroxyl groups is 1. The minimum absolute atomic E-state index is 0.0360. The number of benzene rings is 2. The van der Waals surface area contributed by atoms with Gasteiger partial charge in [-0.2, -0.15) is 0 Å². The lowest BCUT2D eigenvalue weighted by atomic mass is 10.1. The Bertz CT molecular complexity index is 942. The number of anilines is 1. The van der Waals surface area contributed by atoms with Gasteiger partial charge in [-0.25, -0.2) is 18.5 Å². The van der Waals surface area contributed by atoms with Crippen LogP contribution in [0, 0.1) is 0 Å². The summed E-state index contributed by atoms with van der Waals surface area (Å²) >= 11 is 5.89. The number of rotatable bonds is 4. The number of hydrogen-bond donors (Lipinski definition) is 2. The molecule has 0 amide bonds. The van der Waals surface area contributed by atoms with Crippen LogP contribution in [0.15, 0.2) is 58.4 Å². The number of primary sulfonamides is 1. The van der Waals surface area contributed by atoms with Crippen LogP contribution in [-0.2, 0) is 14.8 Å². The molecule has 0 aliphatic carbocycles. The first kappa shape index (κ1) is 17.6. The van der Waals surface area contributed by atoms with Crippen molar-refractivity contribution in [3.8, 4) is 0 Å². The quantitative estimate of drug-likeness (QED) is 0.773. The maximum absolute atomic E-state index is 11.4. The number of aliphatic imine (C=N–C) groups is 1. The molecule has 1 aliphatic heterocycles. The van der Waals surface area contributed by atoms with E-state index in [0.717, 1.165) is 0 Å². The summed E-state index contributed by atoms with van der Waals surface area (Å²) in [5, 5.41) is 15.9. The third kappa shape index (κ3) is 3.57. The number of halogens is 1. The Labute approximate surface area is 149 Å². The Hall–Kier alpha value is -2.26. The zero-order valence-corrected chi connectivity index (χ0v) is 14.4. The number of sulfonamides is 1. The zero-order chi connectivity index (χ0) is 18.2. The van der Waals surface area contributed by atoms with Crippen molar-refractivity contribution < 1.29 is 18.3 Å². The fourth-order valence-corrected chi connectivity index (χ4v) is 3.14. The highest BCUT2D eigenvalue weighted by Crippen LogP contribution is 2.28. The summed E-state index contributed by atoms with van der Waals surface area (Å²) in [4.78, 5) is 16.9. The van der Waals surface area contributed by atoms with Crippen LogP contribution >= 0.6 is 11.6 Å². The topological polar surface area (TPSA) is 113 Å². The highest BCUT2D eigenvalue weighted by atomic mass is 35.5. The fraction of sp³-hybridized carbons (Fsp3) is 0.125. The molecule has 3 rings (SSSR count). The number of hydrogen-bond acceptors (Lipinski definition) is 6. The molecule has 0 saturated carbocycles. The molecule has 1 aliphatic rings. The number of carbonyl (C=O) groups excluding carboxylic acids is 1. The van der Waals surface area contributed by atoms with Crippen LogP contribution in [0.2, 0.25) is 5.02 Å². The van der Waals surface area contributed by atoms with E-state index >= 15 is 0 Å². The van der Waals surface area contributed by atoms with Crippen LogP contribution in [0.1, 0.15) is 5.56 Å². The number of nitrogens with zero attached hydrogens (tertiary/aromatic N) is 2. The number of carbonyl (C=O) groups is 1. The van der Waals surface area contributed by atoms with Crippen molar-refractivity contribution in [3.63, 3.8) is 0 Å². The molecule has 0 bridgehead atoms. The second-order valence-corrected chi connectivity index (χ2v) is 7.56. The molecule has 1 heterocycles. The van der Waals surface area contributed by atoms with Crippen LogP contribution in [0.5, 0.6) is 0 Å². The van der Waals surface area contributed by atoms with Crippen molar-refractivity contribution in [2.45, 2.75) is 10.6 Å². The predicted molar refractivity (Wildman–Crippen MR) is 94.2 cm³/mol. The van der Waals surface area contributed by atoms with E-state index in [1.807, 2.05) is 0 Å². The van der Waals surface area contributed by atoms with Gasteiger partial charge in [-0.05, 0) is 48.5 Å². The maximum Gasteiger partial charge on any atom is 0.238 e. The van der Waals surface area contributed by atoms with E-state index < -0.39 is 15.7 Å². The van der Waals surface area contributed by atoms with Gasteiger partial charge in [-0.15, -0.1) is 0 Å². The second kappa shape index (κ2) is 6.23. The number of nitrogens with two attached hydrogens (primary N) is 1. The van der Waals surface area contributed by atoms with Gasteiger partial charge >= 0.3 is 0 Å². The molecular formula is C16H14ClN3O4S. The summed E-state index contributed by atoms with van der Waals surface area (Å²) in [6.07, 6.45) is 0.363. The smallest absolute Gasteiger partial charge is 0.238 e. The third-order valence-electron chi connectivity index (χ3n) is 3.71. The summed E-state index contributed by atoms with van der Waals surface area (Å²) in [6.45, 7) is -0.0941. The van der Waals surface area contributed by atoms with Gasteiger partial charge in [-0.1, -0.05) is 11.6 Å². The van der Waals surface area contributed by atoms with Crippen molar-refractivity contribution in [3.05, 3.63) is 59.1 Å². The molecule has 0 radical (unpaired) electrons. The van der Waals surface area contributed by atoms with Crippen LogP contribution in [0.25, 0.3) is 0 Å². The van der Waals surface area contributed by atoms with Gasteiger partial charge in [0.25, 0.3) is 0 Å². The molecule has 3 N–H and O–H groups in total. The highest BCUT2D eigenvalue weighted by molar-refractivity contribution is 7.89. The summed E-state index contributed by atoms with van der Waals surface area (Å²) in [6, 6.07) is 12.5. The molecule has 0 aromatic heterocycles. The SMILES string of the molecule is NS(=O)(=O)c1ccc(N2CC(O)(C=O)N=C2c2ccc(Cl)cc2)cc1. The lowest BCUT2D eigenvalue weighted by Gasteiger charge is -2.22. The largest absolute Gasteiger partial charge is 0.362 e. The predicted octanol–water partition coefficient (Wildman–Crippen LogP) is 1.14. The van der Waals surface area contributed by atoms with Crippen molar-refractivity contribution in [2.24, 2.45) is 10.1 Å². The molecule has 7 nitrogen and oxygen atoms in total. The van der Waals surface area contributed by atoms with Gasteiger partial charge in [0.1, 0.15) is 5.84 Å². The van der Waals surface area contributed by atoms with Gasteiger partial charge in [0, 0.05) is 16.3 Å². The minimum atomic E-state index is -3.81. The molecular weight excluding hydrogens is 366 g/mol. The van der Waals surface area contributed by atoms with E-state index in [2.05, 4.69) is 4.99 Å². The summed E-state index contributed by atoms with van der Waals surface area (Å²) in [5.74, 6) is 0.370. The maximum atomic E-state index is 11.4. The van der Waals surface area contributed by atoms with Gasteiger partial charge in [-0.3, -0.25) is 4.79 Å². The van der Waals surface area contributed by atoms with Crippen molar-refractivity contribution in [2.75, 3.05) is 11.4 Å². The van der Waals surface area contributed by atoms with E-state index in [0.29, 0.717) is 28.4 Å². The molecule has 2 aromatic carbocycles. The molecule has 130 valence electrons. The summed E-state index contributed by atoms with van der Waals surface area (Å²) < 4.78 is 22.7. The average Bonchev–Trinajstić information content (AvgIpc) is 2.94. The van der Waals surface area contributed by atoms with Crippen molar-refractivity contribution in [1.29, 1.82) is 0 Å². The third-order valence-corrected chi connectivity index (χ3v) is 4.90. The van der Waals surface area contributed by atoms with Crippen LogP contribution in [-0.4, -0.2) is 37.9 Å². The first-order chi connectivity index (χ1) is 11.7. The first-order valence-electron chi connectivity index (χ1n) is 7.17. The first-order valence-corrected chi connectivity index (χ1v) is 9.09.